The van der Waals surface area contributed by atoms with Crippen molar-refractivity contribution in [1.82, 2.24) is 5.32 Å². The van der Waals surface area contributed by atoms with Crippen molar-refractivity contribution in [3.8, 4) is 6.07 Å². The quantitative estimate of drug-likeness (QED) is 0.883. The minimum Gasteiger partial charge on any atom is -0.348 e. The van der Waals surface area contributed by atoms with Gasteiger partial charge in [-0.2, -0.15) is 5.26 Å². The summed E-state index contributed by atoms with van der Waals surface area (Å²) in [5.41, 5.74) is 1.03. The zero-order valence-corrected chi connectivity index (χ0v) is 11.4. The van der Waals surface area contributed by atoms with Gasteiger partial charge in [-0.3, -0.25) is 4.79 Å². The van der Waals surface area contributed by atoms with E-state index in [9.17, 15) is 13.6 Å². The van der Waals surface area contributed by atoms with Crippen LogP contribution in [0.2, 0.25) is 5.02 Å². The molecule has 0 radical (unpaired) electrons. The Morgan fingerprint density at radius 3 is 2.67 bits per heavy atom. The highest BCUT2D eigenvalue weighted by Gasteiger charge is 2.14. The summed E-state index contributed by atoms with van der Waals surface area (Å²) in [6, 6.07) is 10.2. The number of halogens is 3. The summed E-state index contributed by atoms with van der Waals surface area (Å²) in [7, 11) is 0. The molecule has 2 aromatic rings. The Labute approximate surface area is 124 Å². The molecule has 0 aliphatic carbocycles. The Kier molecular flexibility index (Phi) is 4.51. The largest absolute Gasteiger partial charge is 0.348 e. The molecule has 6 heteroatoms. The first-order valence-electron chi connectivity index (χ1n) is 5.93. The smallest absolute Gasteiger partial charge is 0.253 e. The first-order chi connectivity index (χ1) is 10.0. The summed E-state index contributed by atoms with van der Waals surface area (Å²) in [5, 5.41) is 11.1. The molecule has 3 nitrogen and oxygen atoms in total. The minimum absolute atomic E-state index is 0.143. The normalized spacial score (nSPS) is 10.0. The third kappa shape index (κ3) is 3.56. The van der Waals surface area contributed by atoms with Gasteiger partial charge in [0.25, 0.3) is 5.91 Å². The molecule has 0 fully saturated rings. The molecule has 0 atom stereocenters. The second-order valence-electron chi connectivity index (χ2n) is 4.24. The number of carbonyl (C=O) groups excluding carboxylic acids is 1. The molecule has 0 saturated heterocycles. The number of nitrogens with zero attached hydrogens (tertiary/aromatic N) is 1. The van der Waals surface area contributed by atoms with E-state index in [0.29, 0.717) is 11.1 Å². The van der Waals surface area contributed by atoms with Gasteiger partial charge in [-0.25, -0.2) is 8.78 Å². The van der Waals surface area contributed by atoms with Gasteiger partial charge in [-0.15, -0.1) is 0 Å². The van der Waals surface area contributed by atoms with Crippen LogP contribution in [-0.4, -0.2) is 5.91 Å². The Morgan fingerprint density at radius 2 is 1.95 bits per heavy atom. The van der Waals surface area contributed by atoms with Crippen LogP contribution in [0.15, 0.2) is 36.4 Å². The fourth-order valence-corrected chi connectivity index (χ4v) is 1.96. The topological polar surface area (TPSA) is 52.9 Å². The maximum Gasteiger partial charge on any atom is 0.253 e. The van der Waals surface area contributed by atoms with E-state index in [0.717, 1.165) is 12.1 Å². The van der Waals surface area contributed by atoms with Crippen LogP contribution < -0.4 is 5.32 Å². The van der Waals surface area contributed by atoms with Crippen LogP contribution in [0.25, 0.3) is 0 Å². The van der Waals surface area contributed by atoms with Gasteiger partial charge in [0.15, 0.2) is 11.6 Å². The number of nitrogens with one attached hydrogen (secondary N) is 1. The lowest BCUT2D eigenvalue weighted by molar-refractivity contribution is 0.0950. The molecule has 0 heterocycles. The van der Waals surface area contributed by atoms with Crippen molar-refractivity contribution in [3.05, 3.63) is 69.7 Å². The Bertz CT molecular complexity index is 741. The highest BCUT2D eigenvalue weighted by Crippen LogP contribution is 2.20. The molecule has 0 bridgehead atoms. The van der Waals surface area contributed by atoms with Crippen LogP contribution in [0.3, 0.4) is 0 Å². The average Bonchev–Trinajstić information content (AvgIpc) is 2.48. The fraction of sp³-hybridized carbons (Fsp3) is 0.0667. The molecule has 0 aromatic heterocycles. The zero-order valence-electron chi connectivity index (χ0n) is 10.7. The highest BCUT2D eigenvalue weighted by atomic mass is 35.5. The number of hydrogen-bond acceptors (Lipinski definition) is 2. The van der Waals surface area contributed by atoms with Crippen LogP contribution in [0.4, 0.5) is 8.78 Å². The van der Waals surface area contributed by atoms with Gasteiger partial charge in [0.05, 0.1) is 22.2 Å². The van der Waals surface area contributed by atoms with Crippen molar-refractivity contribution in [2.24, 2.45) is 0 Å². The number of amides is 1. The Balaban J connectivity index is 2.12. The molecular weight excluding hydrogens is 298 g/mol. The lowest BCUT2D eigenvalue weighted by Gasteiger charge is -2.07. The predicted octanol–water partition coefficient (Wildman–Crippen LogP) is 3.42. The first kappa shape index (κ1) is 14.9. The van der Waals surface area contributed by atoms with Crippen molar-refractivity contribution in [2.75, 3.05) is 0 Å². The van der Waals surface area contributed by atoms with Crippen molar-refractivity contribution >= 4 is 17.5 Å². The second-order valence-corrected chi connectivity index (χ2v) is 4.65. The number of rotatable bonds is 3. The van der Waals surface area contributed by atoms with Gasteiger partial charge in [-0.05, 0) is 29.8 Å². The molecule has 0 aliphatic heterocycles. The zero-order chi connectivity index (χ0) is 15.4. The Hall–Kier alpha value is -2.45. The van der Waals surface area contributed by atoms with Crippen molar-refractivity contribution in [1.29, 1.82) is 5.26 Å². The number of hydrogen-bond donors (Lipinski definition) is 1. The van der Waals surface area contributed by atoms with Gasteiger partial charge >= 0.3 is 0 Å². The van der Waals surface area contributed by atoms with Crippen LogP contribution in [0.1, 0.15) is 21.5 Å². The molecule has 0 aliphatic rings. The summed E-state index contributed by atoms with van der Waals surface area (Å²) in [4.78, 5) is 11.9. The van der Waals surface area contributed by atoms with E-state index in [1.807, 2.05) is 6.07 Å². The molecule has 106 valence electrons. The van der Waals surface area contributed by atoms with E-state index in [1.165, 1.54) is 0 Å². The minimum atomic E-state index is -1.14. The van der Waals surface area contributed by atoms with Crippen LogP contribution in [0, 0.1) is 23.0 Å². The van der Waals surface area contributed by atoms with E-state index < -0.39 is 17.5 Å². The summed E-state index contributed by atoms with van der Waals surface area (Å²) in [5.74, 6) is -2.88. The molecule has 2 aromatic carbocycles. The number of carbonyl (C=O) groups is 1. The average molecular weight is 307 g/mol. The van der Waals surface area contributed by atoms with E-state index in [2.05, 4.69) is 5.32 Å². The summed E-state index contributed by atoms with van der Waals surface area (Å²) < 4.78 is 26.1. The molecule has 0 spiro atoms. The summed E-state index contributed by atoms with van der Waals surface area (Å²) >= 11 is 5.72. The maximum atomic E-state index is 13.1. The molecule has 21 heavy (non-hydrogen) atoms. The van der Waals surface area contributed by atoms with Gasteiger partial charge in [0.1, 0.15) is 0 Å². The van der Waals surface area contributed by atoms with Crippen molar-refractivity contribution < 1.29 is 13.6 Å². The maximum absolute atomic E-state index is 13.1. The molecule has 1 amide bonds. The number of benzene rings is 2. The predicted molar refractivity (Wildman–Crippen MR) is 73.7 cm³/mol. The third-order valence-electron chi connectivity index (χ3n) is 2.76. The van der Waals surface area contributed by atoms with Gasteiger partial charge in [-0.1, -0.05) is 23.7 Å². The third-order valence-corrected chi connectivity index (χ3v) is 3.08. The standard InChI is InChI=1S/C15H9ClF2N2O/c16-12-6-14(18)13(17)5-11(12)15(21)20-8-10-3-1-2-9(4-10)7-19/h1-6H,8H2,(H,20,21). The lowest BCUT2D eigenvalue weighted by atomic mass is 10.1. The molecule has 0 saturated carbocycles. The monoisotopic (exact) mass is 306 g/mol. The van der Waals surface area contributed by atoms with E-state index >= 15 is 0 Å². The molecule has 0 unspecified atom stereocenters. The highest BCUT2D eigenvalue weighted by molar-refractivity contribution is 6.33. The van der Waals surface area contributed by atoms with Crippen LogP contribution in [-0.2, 0) is 6.54 Å². The molecule has 1 N–H and O–H groups in total. The lowest BCUT2D eigenvalue weighted by Crippen LogP contribution is -2.23. The van der Waals surface area contributed by atoms with Crippen molar-refractivity contribution in [3.63, 3.8) is 0 Å². The Morgan fingerprint density at radius 1 is 1.24 bits per heavy atom. The second kappa shape index (κ2) is 6.33. The van der Waals surface area contributed by atoms with Gasteiger partial charge in [0.2, 0.25) is 0 Å². The van der Waals surface area contributed by atoms with Gasteiger partial charge < -0.3 is 5.32 Å². The van der Waals surface area contributed by atoms with Crippen molar-refractivity contribution in [2.45, 2.75) is 6.54 Å². The number of nitriles is 1. The molecular formula is C15H9ClF2N2O. The van der Waals surface area contributed by atoms with Crippen LogP contribution in [0.5, 0.6) is 0 Å². The van der Waals surface area contributed by atoms with Crippen LogP contribution >= 0.6 is 11.6 Å². The summed E-state index contributed by atoms with van der Waals surface area (Å²) in [6.45, 7) is 0.143. The summed E-state index contributed by atoms with van der Waals surface area (Å²) in [6.07, 6.45) is 0. The first-order valence-corrected chi connectivity index (χ1v) is 6.31. The molecule has 2 rings (SSSR count). The van der Waals surface area contributed by atoms with E-state index in [-0.39, 0.29) is 17.1 Å². The SMILES string of the molecule is N#Cc1cccc(CNC(=O)c2cc(F)c(F)cc2Cl)c1. The fourth-order valence-electron chi connectivity index (χ4n) is 1.72. The van der Waals surface area contributed by atoms with E-state index in [1.54, 1.807) is 24.3 Å². The van der Waals surface area contributed by atoms with E-state index in [4.69, 9.17) is 16.9 Å². The van der Waals surface area contributed by atoms with Gasteiger partial charge in [0, 0.05) is 6.54 Å².